The van der Waals surface area contributed by atoms with E-state index < -0.39 is 5.97 Å². The van der Waals surface area contributed by atoms with Gasteiger partial charge < -0.3 is 10.5 Å². The molecular formula is C7H7N5O2. The summed E-state index contributed by atoms with van der Waals surface area (Å²) in [6.45, 7) is 0. The Kier molecular flexibility index (Phi) is 1.77. The van der Waals surface area contributed by atoms with Crippen LogP contribution in [0.5, 0.6) is 0 Å². The number of nitrogens with zero attached hydrogens (tertiary/aromatic N) is 3. The number of H-pyrrole nitrogens is 1. The minimum absolute atomic E-state index is 0.111. The first-order valence-electron chi connectivity index (χ1n) is 3.77. The van der Waals surface area contributed by atoms with Gasteiger partial charge in [-0.05, 0) is 0 Å². The lowest BCUT2D eigenvalue weighted by Crippen LogP contribution is -2.02. The molecule has 72 valence electrons. The van der Waals surface area contributed by atoms with Crippen molar-refractivity contribution in [1.29, 1.82) is 0 Å². The third-order valence-electron chi connectivity index (χ3n) is 1.72. The number of nitrogen functional groups attached to an aromatic ring is 1. The Balaban J connectivity index is 2.64. The number of hydrogen-bond donors (Lipinski definition) is 2. The number of carbonyl (C=O) groups excluding carboxylic acids is 1. The van der Waals surface area contributed by atoms with Gasteiger partial charge in [-0.3, -0.25) is 5.10 Å². The zero-order chi connectivity index (χ0) is 10.1. The summed E-state index contributed by atoms with van der Waals surface area (Å²) in [5.74, 6) is -0.402. The summed E-state index contributed by atoms with van der Waals surface area (Å²) in [4.78, 5) is 18.8. The molecule has 2 aromatic heterocycles. The molecule has 0 saturated heterocycles. The average molecular weight is 193 g/mol. The molecule has 2 aromatic rings. The lowest BCUT2D eigenvalue weighted by molar-refractivity contribution is 0.0596. The zero-order valence-corrected chi connectivity index (χ0v) is 7.31. The van der Waals surface area contributed by atoms with Crippen molar-refractivity contribution in [3.05, 3.63) is 11.9 Å². The van der Waals surface area contributed by atoms with Gasteiger partial charge in [0.1, 0.15) is 0 Å². The molecule has 0 unspecified atom stereocenters. The van der Waals surface area contributed by atoms with Crippen LogP contribution in [0.25, 0.3) is 11.0 Å². The van der Waals surface area contributed by atoms with Crippen LogP contribution in [0.2, 0.25) is 0 Å². The van der Waals surface area contributed by atoms with Crippen molar-refractivity contribution >= 4 is 23.0 Å². The van der Waals surface area contributed by atoms with E-state index in [0.29, 0.717) is 11.0 Å². The van der Waals surface area contributed by atoms with Crippen LogP contribution < -0.4 is 5.73 Å². The summed E-state index contributed by atoms with van der Waals surface area (Å²) in [7, 11) is 1.28. The molecule has 3 N–H and O–H groups in total. The fourth-order valence-electron chi connectivity index (χ4n) is 1.07. The number of ether oxygens (including phenoxy) is 1. The fourth-order valence-corrected chi connectivity index (χ4v) is 1.07. The van der Waals surface area contributed by atoms with E-state index in [1.807, 2.05) is 0 Å². The monoisotopic (exact) mass is 193 g/mol. The summed E-state index contributed by atoms with van der Waals surface area (Å²) < 4.78 is 4.54. The molecule has 0 bridgehead atoms. The Hall–Kier alpha value is -2.18. The standard InChI is InChI=1S/C7H7N5O2/c1-14-6(13)4-3-2-9-7(8)10-5(3)12-11-4/h2H,1H3,(H3,8,9,10,11,12). The van der Waals surface area contributed by atoms with Crippen LogP contribution >= 0.6 is 0 Å². The van der Waals surface area contributed by atoms with Crippen molar-refractivity contribution in [3.8, 4) is 0 Å². The number of hydrogen-bond acceptors (Lipinski definition) is 6. The SMILES string of the molecule is COC(=O)c1[nH]nc2nc(N)ncc12. The highest BCUT2D eigenvalue weighted by Crippen LogP contribution is 2.13. The molecule has 0 aliphatic rings. The van der Waals surface area contributed by atoms with Crippen LogP contribution in [0.4, 0.5) is 5.95 Å². The highest BCUT2D eigenvalue weighted by molar-refractivity contribution is 6.00. The van der Waals surface area contributed by atoms with Gasteiger partial charge in [-0.25, -0.2) is 9.78 Å². The van der Waals surface area contributed by atoms with Gasteiger partial charge in [0.15, 0.2) is 11.3 Å². The molecule has 0 aliphatic heterocycles. The fraction of sp³-hybridized carbons (Fsp3) is 0.143. The van der Waals surface area contributed by atoms with E-state index in [9.17, 15) is 4.79 Å². The van der Waals surface area contributed by atoms with E-state index in [4.69, 9.17) is 5.73 Å². The molecule has 0 radical (unpaired) electrons. The Labute approximate surface area is 78.3 Å². The van der Waals surface area contributed by atoms with E-state index >= 15 is 0 Å². The molecule has 2 rings (SSSR count). The molecule has 14 heavy (non-hydrogen) atoms. The van der Waals surface area contributed by atoms with Gasteiger partial charge in [-0.1, -0.05) is 0 Å². The molecule has 0 aliphatic carbocycles. The van der Waals surface area contributed by atoms with Crippen LogP contribution in [0, 0.1) is 0 Å². The molecule has 0 spiro atoms. The first kappa shape index (κ1) is 8.42. The predicted octanol–water partition coefficient (Wildman–Crippen LogP) is -0.278. The molecule has 0 amide bonds. The van der Waals surface area contributed by atoms with Crippen LogP contribution in [-0.2, 0) is 4.74 Å². The van der Waals surface area contributed by atoms with Crippen LogP contribution in [0.3, 0.4) is 0 Å². The smallest absolute Gasteiger partial charge is 0.356 e. The highest BCUT2D eigenvalue weighted by Gasteiger charge is 2.14. The van der Waals surface area contributed by atoms with Crippen molar-refractivity contribution in [2.24, 2.45) is 0 Å². The Morgan fingerprint density at radius 1 is 1.64 bits per heavy atom. The highest BCUT2D eigenvalue weighted by atomic mass is 16.5. The maximum Gasteiger partial charge on any atom is 0.356 e. The van der Waals surface area contributed by atoms with Gasteiger partial charge >= 0.3 is 5.97 Å². The molecule has 7 heteroatoms. The molecule has 0 fully saturated rings. The molecule has 0 aromatic carbocycles. The minimum atomic E-state index is -0.513. The van der Waals surface area contributed by atoms with Crippen molar-refractivity contribution in [2.45, 2.75) is 0 Å². The molecule has 7 nitrogen and oxygen atoms in total. The largest absolute Gasteiger partial charge is 0.464 e. The van der Waals surface area contributed by atoms with Crippen molar-refractivity contribution in [2.75, 3.05) is 12.8 Å². The van der Waals surface area contributed by atoms with Gasteiger partial charge in [0.2, 0.25) is 5.95 Å². The average Bonchev–Trinajstić information content (AvgIpc) is 2.59. The first-order valence-corrected chi connectivity index (χ1v) is 3.77. The summed E-state index contributed by atoms with van der Waals surface area (Å²) in [5.41, 5.74) is 5.92. The van der Waals surface area contributed by atoms with Gasteiger partial charge in [0, 0.05) is 6.20 Å². The minimum Gasteiger partial charge on any atom is -0.464 e. The molecule has 0 saturated carbocycles. The van der Waals surface area contributed by atoms with Crippen molar-refractivity contribution < 1.29 is 9.53 Å². The molecular weight excluding hydrogens is 186 g/mol. The summed E-state index contributed by atoms with van der Waals surface area (Å²) >= 11 is 0. The summed E-state index contributed by atoms with van der Waals surface area (Å²) in [6, 6.07) is 0. The number of anilines is 1. The van der Waals surface area contributed by atoms with E-state index in [1.54, 1.807) is 0 Å². The van der Waals surface area contributed by atoms with Gasteiger partial charge in [0.25, 0.3) is 0 Å². The maximum atomic E-state index is 11.2. The third kappa shape index (κ3) is 1.15. The number of methoxy groups -OCH3 is 1. The quantitative estimate of drug-likeness (QED) is 0.603. The second kappa shape index (κ2) is 2.95. The lowest BCUT2D eigenvalue weighted by Gasteiger charge is -1.94. The second-order valence-electron chi connectivity index (χ2n) is 2.56. The molecule has 2 heterocycles. The zero-order valence-electron chi connectivity index (χ0n) is 7.31. The number of nitrogens with one attached hydrogen (secondary N) is 1. The summed E-state index contributed by atoms with van der Waals surface area (Å²) in [6.07, 6.45) is 1.42. The van der Waals surface area contributed by atoms with Crippen LogP contribution in [0.1, 0.15) is 10.5 Å². The number of carbonyl (C=O) groups is 1. The maximum absolute atomic E-state index is 11.2. The first-order chi connectivity index (χ1) is 6.72. The Morgan fingerprint density at radius 2 is 2.43 bits per heavy atom. The van der Waals surface area contributed by atoms with E-state index in [2.05, 4.69) is 24.9 Å². The Bertz CT molecular complexity index is 492. The van der Waals surface area contributed by atoms with Crippen molar-refractivity contribution in [1.82, 2.24) is 20.2 Å². The number of aromatic nitrogens is 4. The number of nitrogens with two attached hydrogens (primary N) is 1. The van der Waals surface area contributed by atoms with Crippen LogP contribution in [-0.4, -0.2) is 33.2 Å². The third-order valence-corrected chi connectivity index (χ3v) is 1.72. The number of aromatic amines is 1. The Morgan fingerprint density at radius 3 is 3.14 bits per heavy atom. The normalized spacial score (nSPS) is 10.4. The van der Waals surface area contributed by atoms with Crippen molar-refractivity contribution in [3.63, 3.8) is 0 Å². The number of esters is 1. The topological polar surface area (TPSA) is 107 Å². The number of fused-ring (bicyclic) bond motifs is 1. The van der Waals surface area contributed by atoms with E-state index in [-0.39, 0.29) is 11.6 Å². The van der Waals surface area contributed by atoms with Gasteiger partial charge in [-0.15, -0.1) is 0 Å². The summed E-state index contributed by atoms with van der Waals surface area (Å²) in [5, 5.41) is 6.79. The van der Waals surface area contributed by atoms with Crippen LogP contribution in [0.15, 0.2) is 6.20 Å². The van der Waals surface area contributed by atoms with Gasteiger partial charge in [-0.2, -0.15) is 10.1 Å². The van der Waals surface area contributed by atoms with Gasteiger partial charge in [0.05, 0.1) is 12.5 Å². The number of rotatable bonds is 1. The van der Waals surface area contributed by atoms with E-state index in [0.717, 1.165) is 0 Å². The molecule has 0 atom stereocenters. The lowest BCUT2D eigenvalue weighted by atomic mass is 10.3. The second-order valence-corrected chi connectivity index (χ2v) is 2.56. The van der Waals surface area contributed by atoms with E-state index in [1.165, 1.54) is 13.3 Å². The predicted molar refractivity (Wildman–Crippen MR) is 47.4 cm³/mol.